The van der Waals surface area contributed by atoms with Gasteiger partial charge in [0.2, 0.25) is 5.91 Å². The second-order valence-electron chi connectivity index (χ2n) is 2.84. The molecular formula is C15H28BrN3O3. The first-order valence-corrected chi connectivity index (χ1v) is 8.11. The molecule has 0 spiro atoms. The summed E-state index contributed by atoms with van der Waals surface area (Å²) in [5.41, 5.74) is 5.13. The molecule has 6 nitrogen and oxygen atoms in total. The molecule has 7 heteroatoms. The monoisotopic (exact) mass is 377 g/mol. The maximum atomic E-state index is 11.2. The zero-order valence-electron chi connectivity index (χ0n) is 14.5. The van der Waals surface area contributed by atoms with Gasteiger partial charge in [0.1, 0.15) is 5.82 Å². The van der Waals surface area contributed by atoms with E-state index in [1.54, 1.807) is 6.07 Å². The molecule has 0 aliphatic rings. The third-order valence-electron chi connectivity index (χ3n) is 1.67. The van der Waals surface area contributed by atoms with Gasteiger partial charge in [0, 0.05) is 0 Å². The Balaban J connectivity index is -0.000000535. The van der Waals surface area contributed by atoms with Crippen LogP contribution in [0.5, 0.6) is 0 Å². The summed E-state index contributed by atoms with van der Waals surface area (Å²) in [5, 5.41) is 2.69. The zero-order valence-corrected chi connectivity index (χ0v) is 16.1. The number of amides is 1. The Morgan fingerprint density at radius 3 is 2.09 bits per heavy atom. The smallest absolute Gasteiger partial charge is 0.356 e. The van der Waals surface area contributed by atoms with Crippen LogP contribution in [0.3, 0.4) is 0 Å². The molecule has 128 valence electrons. The Bertz CT molecular complexity index is 426. The van der Waals surface area contributed by atoms with E-state index >= 15 is 0 Å². The lowest BCUT2D eigenvalue weighted by molar-refractivity contribution is -0.116. The van der Waals surface area contributed by atoms with Crippen molar-refractivity contribution in [1.82, 2.24) is 4.98 Å². The fourth-order valence-corrected chi connectivity index (χ4v) is 1.32. The fourth-order valence-electron chi connectivity index (χ4n) is 0.955. The van der Waals surface area contributed by atoms with Gasteiger partial charge in [-0.3, -0.25) is 4.79 Å². The molecule has 0 aliphatic heterocycles. The van der Waals surface area contributed by atoms with Crippen LogP contribution in [0.15, 0.2) is 16.6 Å². The van der Waals surface area contributed by atoms with Crippen LogP contribution in [-0.2, 0) is 9.53 Å². The van der Waals surface area contributed by atoms with Gasteiger partial charge in [-0.1, -0.05) is 41.5 Å². The number of primary amides is 1. The predicted octanol–water partition coefficient (Wildman–Crippen LogP) is 3.61. The third kappa shape index (κ3) is 11.1. The van der Waals surface area contributed by atoms with Crippen LogP contribution in [0.4, 0.5) is 5.82 Å². The lowest BCUT2D eigenvalue weighted by Gasteiger charge is -2.06. The van der Waals surface area contributed by atoms with Crippen LogP contribution >= 0.6 is 15.9 Å². The first kappa shape index (κ1) is 25.3. The van der Waals surface area contributed by atoms with E-state index in [1.807, 2.05) is 41.5 Å². The highest BCUT2D eigenvalue weighted by atomic mass is 79.9. The fraction of sp³-hybridized carbons (Fsp3) is 0.533. The van der Waals surface area contributed by atoms with E-state index in [9.17, 15) is 9.59 Å². The Labute approximate surface area is 142 Å². The lowest BCUT2D eigenvalue weighted by atomic mass is 10.3. The van der Waals surface area contributed by atoms with Gasteiger partial charge in [-0.15, -0.1) is 0 Å². The van der Waals surface area contributed by atoms with Crippen molar-refractivity contribution in [3.05, 3.63) is 22.3 Å². The number of esters is 1. The van der Waals surface area contributed by atoms with Crippen molar-refractivity contribution < 1.29 is 14.3 Å². The predicted molar refractivity (Wildman–Crippen MR) is 95.0 cm³/mol. The van der Waals surface area contributed by atoms with E-state index in [4.69, 9.17) is 5.73 Å². The van der Waals surface area contributed by atoms with E-state index in [-0.39, 0.29) is 12.2 Å². The second kappa shape index (κ2) is 17.4. The number of aromatic nitrogens is 1. The molecule has 0 fully saturated rings. The first-order valence-electron chi connectivity index (χ1n) is 7.31. The van der Waals surface area contributed by atoms with Gasteiger partial charge in [-0.05, 0) is 28.1 Å². The molecule has 0 atom stereocenters. The van der Waals surface area contributed by atoms with Crippen LogP contribution in [0.1, 0.15) is 52.0 Å². The molecule has 0 aromatic carbocycles. The van der Waals surface area contributed by atoms with Crippen LogP contribution < -0.4 is 11.1 Å². The van der Waals surface area contributed by atoms with Crippen molar-refractivity contribution in [3.63, 3.8) is 0 Å². The molecule has 1 aromatic rings. The number of anilines is 1. The standard InChI is InChI=1S/C9H10BrN3O3.3C2H6/c1-16-9(15)6-3-2-5(10)8(13-6)12-4-7(11)14;3*1-2/h2-3H,4H2,1H3,(H2,11,14)(H,12,13);3*1-2H3. The van der Waals surface area contributed by atoms with Crippen LogP contribution in [0.2, 0.25) is 0 Å². The Hall–Kier alpha value is -1.63. The van der Waals surface area contributed by atoms with Crippen LogP contribution in [0.25, 0.3) is 0 Å². The maximum Gasteiger partial charge on any atom is 0.356 e. The van der Waals surface area contributed by atoms with Gasteiger partial charge >= 0.3 is 5.97 Å². The molecule has 0 aliphatic carbocycles. The molecular weight excluding hydrogens is 350 g/mol. The third-order valence-corrected chi connectivity index (χ3v) is 2.31. The number of nitrogens with two attached hydrogens (primary N) is 1. The highest BCUT2D eigenvalue weighted by molar-refractivity contribution is 9.10. The van der Waals surface area contributed by atoms with Crippen LogP contribution in [-0.4, -0.2) is 30.5 Å². The van der Waals surface area contributed by atoms with E-state index in [0.717, 1.165) is 0 Å². The molecule has 0 saturated heterocycles. The minimum atomic E-state index is -0.547. The van der Waals surface area contributed by atoms with E-state index < -0.39 is 11.9 Å². The largest absolute Gasteiger partial charge is 0.464 e. The highest BCUT2D eigenvalue weighted by Gasteiger charge is 2.10. The number of nitrogens with zero attached hydrogens (tertiary/aromatic N) is 1. The van der Waals surface area contributed by atoms with Crippen molar-refractivity contribution in [2.45, 2.75) is 41.5 Å². The van der Waals surface area contributed by atoms with Gasteiger partial charge in [0.15, 0.2) is 5.69 Å². The van der Waals surface area contributed by atoms with Gasteiger partial charge in [-0.25, -0.2) is 9.78 Å². The molecule has 1 rings (SSSR count). The summed E-state index contributed by atoms with van der Waals surface area (Å²) in [4.78, 5) is 25.8. The summed E-state index contributed by atoms with van der Waals surface area (Å²) in [6.45, 7) is 11.9. The molecule has 1 aromatic heterocycles. The molecule has 1 amide bonds. The first-order chi connectivity index (χ1) is 10.5. The Morgan fingerprint density at radius 2 is 1.68 bits per heavy atom. The molecule has 0 radical (unpaired) electrons. The maximum absolute atomic E-state index is 11.2. The van der Waals surface area contributed by atoms with Gasteiger partial charge in [-0.2, -0.15) is 0 Å². The van der Waals surface area contributed by atoms with Gasteiger partial charge in [0.05, 0.1) is 18.1 Å². The number of hydrogen-bond acceptors (Lipinski definition) is 5. The summed E-state index contributed by atoms with van der Waals surface area (Å²) in [6, 6.07) is 3.13. The number of carbonyl (C=O) groups excluding carboxylic acids is 2. The summed E-state index contributed by atoms with van der Waals surface area (Å²) in [6.07, 6.45) is 0. The lowest BCUT2D eigenvalue weighted by Crippen LogP contribution is -2.22. The van der Waals surface area contributed by atoms with E-state index in [2.05, 4.69) is 31.0 Å². The summed E-state index contributed by atoms with van der Waals surface area (Å²) < 4.78 is 5.15. The number of hydrogen-bond donors (Lipinski definition) is 2. The minimum Gasteiger partial charge on any atom is -0.464 e. The van der Waals surface area contributed by atoms with Gasteiger partial charge in [0.25, 0.3) is 0 Å². The normalized spacial score (nSPS) is 7.82. The van der Waals surface area contributed by atoms with Crippen LogP contribution in [0, 0.1) is 0 Å². The van der Waals surface area contributed by atoms with Crippen molar-refractivity contribution >= 4 is 33.6 Å². The van der Waals surface area contributed by atoms with Crippen molar-refractivity contribution in [3.8, 4) is 0 Å². The minimum absolute atomic E-state index is 0.0593. The Morgan fingerprint density at radius 1 is 1.18 bits per heavy atom. The average Bonchev–Trinajstić information content (AvgIpc) is 2.58. The molecule has 22 heavy (non-hydrogen) atoms. The SMILES string of the molecule is CC.CC.CC.COC(=O)c1ccc(Br)c(NCC(N)=O)n1. The van der Waals surface area contributed by atoms with E-state index in [1.165, 1.54) is 13.2 Å². The number of pyridine rings is 1. The molecule has 1 heterocycles. The van der Waals surface area contributed by atoms with E-state index in [0.29, 0.717) is 10.3 Å². The van der Waals surface area contributed by atoms with Crippen molar-refractivity contribution in [2.24, 2.45) is 5.73 Å². The average molecular weight is 378 g/mol. The molecule has 0 unspecified atom stereocenters. The quantitative estimate of drug-likeness (QED) is 0.781. The molecule has 0 saturated carbocycles. The van der Waals surface area contributed by atoms with Crippen molar-refractivity contribution in [2.75, 3.05) is 19.0 Å². The second-order valence-corrected chi connectivity index (χ2v) is 3.69. The zero-order chi connectivity index (χ0) is 18.1. The topological polar surface area (TPSA) is 94.3 Å². The van der Waals surface area contributed by atoms with Gasteiger partial charge < -0.3 is 15.8 Å². The number of halogens is 1. The highest BCUT2D eigenvalue weighted by Crippen LogP contribution is 2.20. The summed E-state index contributed by atoms with van der Waals surface area (Å²) in [7, 11) is 1.27. The number of ether oxygens (including phenoxy) is 1. The number of carbonyl (C=O) groups is 2. The summed E-state index contributed by atoms with van der Waals surface area (Å²) >= 11 is 3.22. The molecule has 3 N–H and O–H groups in total. The van der Waals surface area contributed by atoms with Crippen molar-refractivity contribution in [1.29, 1.82) is 0 Å². The number of methoxy groups -OCH3 is 1. The number of nitrogens with one attached hydrogen (secondary N) is 1. The number of rotatable bonds is 4. The molecule has 0 bridgehead atoms. The summed E-state index contributed by atoms with van der Waals surface area (Å²) in [5.74, 6) is -0.700. The Kier molecular flexibility index (Phi) is 20.1.